The van der Waals surface area contributed by atoms with Gasteiger partial charge in [-0.15, -0.1) is 0 Å². The zero-order chi connectivity index (χ0) is 22.3. The van der Waals surface area contributed by atoms with Gasteiger partial charge in [-0.05, 0) is 54.8 Å². The second-order valence-electron chi connectivity index (χ2n) is 7.32. The van der Waals surface area contributed by atoms with E-state index in [1.165, 1.54) is 0 Å². The number of esters is 1. The Morgan fingerprint density at radius 3 is 2.81 bits per heavy atom. The molecule has 1 aliphatic rings. The van der Waals surface area contributed by atoms with Gasteiger partial charge in [0.2, 0.25) is 0 Å². The summed E-state index contributed by atoms with van der Waals surface area (Å²) in [6.07, 6.45) is 4.25. The summed E-state index contributed by atoms with van der Waals surface area (Å²) in [6, 6.07) is 15.0. The minimum absolute atomic E-state index is 0.196. The van der Waals surface area contributed by atoms with Crippen LogP contribution in [0.2, 0.25) is 5.02 Å². The summed E-state index contributed by atoms with van der Waals surface area (Å²) in [6.45, 7) is 2.96. The number of aromatic nitrogens is 1. The van der Waals surface area contributed by atoms with Gasteiger partial charge >= 0.3 is 5.97 Å². The molecule has 6 nitrogen and oxygen atoms in total. The number of fused-ring (bicyclic) bond motifs is 1. The van der Waals surface area contributed by atoms with E-state index < -0.39 is 0 Å². The fourth-order valence-electron chi connectivity index (χ4n) is 3.46. The highest BCUT2D eigenvalue weighted by molar-refractivity contribution is 6.30. The molecule has 1 aliphatic heterocycles. The Labute approximate surface area is 192 Å². The molecular weight excluding hydrogens is 430 g/mol. The van der Waals surface area contributed by atoms with Gasteiger partial charge in [0, 0.05) is 35.5 Å². The summed E-state index contributed by atoms with van der Waals surface area (Å²) < 4.78 is 22.6. The number of hydrogen-bond acceptors (Lipinski definition) is 6. The number of aryl methyl sites for hydroxylation is 1. The van der Waals surface area contributed by atoms with Crippen molar-refractivity contribution in [3.8, 4) is 28.4 Å². The lowest BCUT2D eigenvalue weighted by Gasteiger charge is -2.26. The number of rotatable bonds is 8. The van der Waals surface area contributed by atoms with Crippen LogP contribution in [0.15, 0.2) is 60.9 Å². The molecule has 0 saturated heterocycles. The van der Waals surface area contributed by atoms with E-state index in [1.54, 1.807) is 31.3 Å². The second kappa shape index (κ2) is 10.4. The Morgan fingerprint density at radius 1 is 1.16 bits per heavy atom. The number of ether oxygens (including phenoxy) is 4. The first-order valence-electron chi connectivity index (χ1n) is 10.5. The zero-order valence-corrected chi connectivity index (χ0v) is 18.5. The van der Waals surface area contributed by atoms with Crippen molar-refractivity contribution in [2.24, 2.45) is 0 Å². The maximum absolute atomic E-state index is 11.7. The Hall–Kier alpha value is -3.25. The van der Waals surface area contributed by atoms with Gasteiger partial charge in [-0.1, -0.05) is 23.7 Å². The highest BCUT2D eigenvalue weighted by atomic mass is 35.5. The highest BCUT2D eigenvalue weighted by Gasteiger charge is 2.22. The van der Waals surface area contributed by atoms with Gasteiger partial charge in [0.05, 0.1) is 6.61 Å². The zero-order valence-electron chi connectivity index (χ0n) is 17.8. The van der Waals surface area contributed by atoms with Gasteiger partial charge in [0.15, 0.2) is 17.6 Å². The average Bonchev–Trinajstić information content (AvgIpc) is 2.82. The largest absolute Gasteiger partial charge is 0.490 e. The molecule has 0 bridgehead atoms. The molecular formula is C25H24ClNO5. The van der Waals surface area contributed by atoms with E-state index >= 15 is 0 Å². The maximum Gasteiger partial charge on any atom is 0.306 e. The van der Waals surface area contributed by atoms with Crippen LogP contribution in [0.5, 0.6) is 17.2 Å². The van der Waals surface area contributed by atoms with Crippen molar-refractivity contribution in [1.29, 1.82) is 0 Å². The molecule has 0 N–H and O–H groups in total. The third-order valence-electron chi connectivity index (χ3n) is 5.04. The number of nitrogens with zero attached hydrogens (tertiary/aromatic N) is 1. The summed E-state index contributed by atoms with van der Waals surface area (Å²) in [5, 5.41) is 0.599. The molecule has 0 unspecified atom stereocenters. The van der Waals surface area contributed by atoms with E-state index in [1.807, 2.05) is 36.5 Å². The van der Waals surface area contributed by atoms with Gasteiger partial charge < -0.3 is 18.9 Å². The first kappa shape index (κ1) is 22.0. The molecule has 7 heteroatoms. The number of pyridine rings is 1. The van der Waals surface area contributed by atoms with Gasteiger partial charge in [-0.3, -0.25) is 9.78 Å². The molecule has 2 heterocycles. The Morgan fingerprint density at radius 2 is 2.00 bits per heavy atom. The van der Waals surface area contributed by atoms with Crippen LogP contribution in [0.1, 0.15) is 18.9 Å². The molecule has 0 amide bonds. The number of benzene rings is 2. The smallest absolute Gasteiger partial charge is 0.306 e. The van der Waals surface area contributed by atoms with E-state index in [0.29, 0.717) is 49.2 Å². The summed E-state index contributed by atoms with van der Waals surface area (Å²) >= 11 is 6.03. The fourth-order valence-corrected chi connectivity index (χ4v) is 3.62. The highest BCUT2D eigenvalue weighted by Crippen LogP contribution is 2.34. The number of carbonyl (C=O) groups is 1. The predicted octanol–water partition coefficient (Wildman–Crippen LogP) is 5.12. The lowest BCUT2D eigenvalue weighted by Crippen LogP contribution is -2.34. The average molecular weight is 454 g/mol. The molecule has 0 fully saturated rings. The molecule has 0 radical (unpaired) electrons. The normalized spacial score (nSPS) is 14.6. The lowest BCUT2D eigenvalue weighted by molar-refractivity contribution is -0.143. The minimum Gasteiger partial charge on any atom is -0.490 e. The first-order chi connectivity index (χ1) is 15.6. The Balaban J connectivity index is 1.36. The van der Waals surface area contributed by atoms with Crippen LogP contribution in [0, 0.1) is 0 Å². The summed E-state index contributed by atoms with van der Waals surface area (Å²) in [5.41, 5.74) is 3.04. The molecule has 1 aromatic heterocycles. The maximum atomic E-state index is 11.7. The summed E-state index contributed by atoms with van der Waals surface area (Å²) in [5.74, 6) is 1.84. The van der Waals surface area contributed by atoms with Crippen LogP contribution >= 0.6 is 11.6 Å². The van der Waals surface area contributed by atoms with Crippen LogP contribution in [0.25, 0.3) is 11.1 Å². The predicted molar refractivity (Wildman–Crippen MR) is 121 cm³/mol. The third-order valence-corrected chi connectivity index (χ3v) is 5.28. The summed E-state index contributed by atoms with van der Waals surface area (Å²) in [4.78, 5) is 16.0. The molecule has 166 valence electrons. The second-order valence-corrected chi connectivity index (χ2v) is 7.75. The quantitative estimate of drug-likeness (QED) is 0.441. The monoisotopic (exact) mass is 453 g/mol. The molecule has 32 heavy (non-hydrogen) atoms. The van der Waals surface area contributed by atoms with Gasteiger partial charge in [0.25, 0.3) is 0 Å². The van der Waals surface area contributed by atoms with Crippen molar-refractivity contribution in [2.45, 2.75) is 25.9 Å². The Bertz CT molecular complexity index is 1070. The fraction of sp³-hybridized carbons (Fsp3) is 0.280. The van der Waals surface area contributed by atoms with Gasteiger partial charge in [-0.2, -0.15) is 0 Å². The molecule has 0 saturated carbocycles. The standard InChI is InChI=1S/C25H24ClNO5/c1-2-29-25(28)10-5-18-11-12-27-14-22(18)17-3-7-20(8-4-17)30-15-21-16-31-23-9-6-19(26)13-24(23)32-21/h3-4,6-9,11-14,21H,2,5,10,15-16H2,1H3/t21-/m0/s1. The first-order valence-corrected chi connectivity index (χ1v) is 10.9. The Kier molecular flexibility index (Phi) is 7.12. The van der Waals surface area contributed by atoms with E-state index in [2.05, 4.69) is 4.98 Å². The molecule has 4 rings (SSSR count). The van der Waals surface area contributed by atoms with Crippen LogP contribution in [-0.4, -0.2) is 36.9 Å². The van der Waals surface area contributed by atoms with E-state index in [0.717, 1.165) is 22.4 Å². The van der Waals surface area contributed by atoms with Crippen molar-refractivity contribution >= 4 is 17.6 Å². The van der Waals surface area contributed by atoms with Crippen LogP contribution < -0.4 is 14.2 Å². The van der Waals surface area contributed by atoms with Gasteiger partial charge in [-0.25, -0.2) is 0 Å². The topological polar surface area (TPSA) is 66.9 Å². The summed E-state index contributed by atoms with van der Waals surface area (Å²) in [7, 11) is 0. The van der Waals surface area contributed by atoms with Crippen LogP contribution in [-0.2, 0) is 16.0 Å². The van der Waals surface area contributed by atoms with Crippen molar-refractivity contribution < 1.29 is 23.7 Å². The van der Waals surface area contributed by atoms with E-state index in [-0.39, 0.29) is 12.1 Å². The van der Waals surface area contributed by atoms with E-state index in [9.17, 15) is 4.79 Å². The van der Waals surface area contributed by atoms with Crippen molar-refractivity contribution in [3.05, 3.63) is 71.5 Å². The van der Waals surface area contributed by atoms with Crippen molar-refractivity contribution in [1.82, 2.24) is 4.98 Å². The molecule has 1 atom stereocenters. The van der Waals surface area contributed by atoms with E-state index in [4.69, 9.17) is 30.5 Å². The van der Waals surface area contributed by atoms with Crippen LogP contribution in [0.3, 0.4) is 0 Å². The van der Waals surface area contributed by atoms with Crippen molar-refractivity contribution in [3.63, 3.8) is 0 Å². The molecule has 0 aliphatic carbocycles. The lowest BCUT2D eigenvalue weighted by atomic mass is 9.99. The van der Waals surface area contributed by atoms with Crippen LogP contribution in [0.4, 0.5) is 0 Å². The number of carbonyl (C=O) groups excluding carboxylic acids is 1. The number of hydrogen-bond donors (Lipinski definition) is 0. The van der Waals surface area contributed by atoms with Crippen molar-refractivity contribution in [2.75, 3.05) is 19.8 Å². The molecule has 0 spiro atoms. The number of halogens is 1. The SMILES string of the molecule is CCOC(=O)CCc1ccncc1-c1ccc(OC[C@H]2COc3ccc(Cl)cc3O2)cc1. The molecule has 3 aromatic rings. The third kappa shape index (κ3) is 5.51. The van der Waals surface area contributed by atoms with Gasteiger partial charge in [0.1, 0.15) is 19.0 Å². The minimum atomic E-state index is -0.228. The molecule has 2 aromatic carbocycles.